The highest BCUT2D eigenvalue weighted by atomic mass is 35.5. The second-order valence-corrected chi connectivity index (χ2v) is 2.98. The molecule has 0 aromatic rings. The number of ether oxygens (including phenoxy) is 1. The topological polar surface area (TPSA) is 43.4 Å². The van der Waals surface area contributed by atoms with Gasteiger partial charge in [-0.25, -0.2) is 0 Å². The Kier molecular flexibility index (Phi) is 5.72. The van der Waals surface area contributed by atoms with Gasteiger partial charge in [0, 0.05) is 6.42 Å². The molecule has 0 aliphatic carbocycles. The molecule has 0 heterocycles. The number of ketones is 1. The first-order valence-electron chi connectivity index (χ1n) is 3.83. The summed E-state index contributed by atoms with van der Waals surface area (Å²) >= 11 is 5.24. The van der Waals surface area contributed by atoms with E-state index in [4.69, 9.17) is 16.3 Å². The van der Waals surface area contributed by atoms with Gasteiger partial charge in [-0.15, -0.1) is 11.6 Å². The summed E-state index contributed by atoms with van der Waals surface area (Å²) in [5, 5.41) is 0. The Morgan fingerprint density at radius 3 is 2.33 bits per heavy atom. The van der Waals surface area contributed by atoms with Crippen LogP contribution in [0.3, 0.4) is 0 Å². The lowest BCUT2D eigenvalue weighted by atomic mass is 10.2. The van der Waals surface area contributed by atoms with Gasteiger partial charge in [-0.1, -0.05) is 0 Å². The number of hydrogen-bond acceptors (Lipinski definition) is 3. The van der Waals surface area contributed by atoms with Crippen molar-refractivity contribution in [1.29, 1.82) is 0 Å². The molecule has 0 saturated heterocycles. The fourth-order valence-corrected chi connectivity index (χ4v) is 0.764. The molecule has 0 saturated carbocycles. The number of alkyl halides is 1. The van der Waals surface area contributed by atoms with Crippen LogP contribution < -0.4 is 0 Å². The number of esters is 1. The lowest BCUT2D eigenvalue weighted by Crippen LogP contribution is -2.13. The van der Waals surface area contributed by atoms with E-state index in [2.05, 4.69) is 0 Å². The van der Waals surface area contributed by atoms with Crippen LogP contribution in [0.15, 0.2) is 0 Å². The number of rotatable bonds is 5. The SMILES string of the molecule is CC(C)OC(=O)CCC(=O)CCl. The van der Waals surface area contributed by atoms with Crippen molar-refractivity contribution in [3.63, 3.8) is 0 Å². The fourth-order valence-electron chi connectivity index (χ4n) is 0.630. The highest BCUT2D eigenvalue weighted by molar-refractivity contribution is 6.27. The molecular weight excluding hydrogens is 180 g/mol. The van der Waals surface area contributed by atoms with E-state index < -0.39 is 0 Å². The van der Waals surface area contributed by atoms with Gasteiger partial charge < -0.3 is 4.74 Å². The third-order valence-corrected chi connectivity index (χ3v) is 1.42. The summed E-state index contributed by atoms with van der Waals surface area (Å²) in [6, 6.07) is 0. The third kappa shape index (κ3) is 6.16. The Bertz CT molecular complexity index is 166. The molecule has 0 aromatic heterocycles. The average molecular weight is 193 g/mol. The van der Waals surface area contributed by atoms with Crippen LogP contribution in [0.25, 0.3) is 0 Å². The van der Waals surface area contributed by atoms with Crippen LogP contribution in [-0.4, -0.2) is 23.7 Å². The number of halogens is 1. The molecule has 3 nitrogen and oxygen atoms in total. The molecule has 0 radical (unpaired) electrons. The normalized spacial score (nSPS) is 10.0. The predicted molar refractivity (Wildman–Crippen MR) is 46.2 cm³/mol. The summed E-state index contributed by atoms with van der Waals surface area (Å²) in [5.74, 6) is -0.504. The van der Waals surface area contributed by atoms with Crippen molar-refractivity contribution >= 4 is 23.4 Å². The van der Waals surface area contributed by atoms with Crippen molar-refractivity contribution in [2.75, 3.05) is 5.88 Å². The van der Waals surface area contributed by atoms with Crippen molar-refractivity contribution in [1.82, 2.24) is 0 Å². The molecule has 0 aromatic carbocycles. The van der Waals surface area contributed by atoms with Crippen molar-refractivity contribution in [2.45, 2.75) is 32.8 Å². The maximum Gasteiger partial charge on any atom is 0.306 e. The minimum Gasteiger partial charge on any atom is -0.463 e. The molecule has 0 amide bonds. The molecule has 0 bridgehead atoms. The first kappa shape index (κ1) is 11.4. The summed E-state index contributed by atoms with van der Waals surface area (Å²) < 4.78 is 4.81. The second-order valence-electron chi connectivity index (χ2n) is 2.71. The van der Waals surface area contributed by atoms with E-state index in [1.165, 1.54) is 0 Å². The highest BCUT2D eigenvalue weighted by Crippen LogP contribution is 1.98. The molecule has 0 rings (SSSR count). The highest BCUT2D eigenvalue weighted by Gasteiger charge is 2.08. The average Bonchev–Trinajstić information content (AvgIpc) is 1.99. The molecule has 0 fully saturated rings. The zero-order valence-corrected chi connectivity index (χ0v) is 8.06. The lowest BCUT2D eigenvalue weighted by molar-refractivity contribution is -0.148. The molecule has 0 unspecified atom stereocenters. The molecule has 0 aliphatic rings. The Hall–Kier alpha value is -0.570. The van der Waals surface area contributed by atoms with Gasteiger partial charge in [0.05, 0.1) is 18.4 Å². The van der Waals surface area contributed by atoms with Gasteiger partial charge in [-0.2, -0.15) is 0 Å². The van der Waals surface area contributed by atoms with Crippen LogP contribution in [-0.2, 0) is 14.3 Å². The van der Waals surface area contributed by atoms with Crippen LogP contribution in [0.5, 0.6) is 0 Å². The van der Waals surface area contributed by atoms with Crippen LogP contribution in [0.1, 0.15) is 26.7 Å². The first-order valence-corrected chi connectivity index (χ1v) is 4.37. The second kappa shape index (κ2) is 6.00. The number of hydrogen-bond donors (Lipinski definition) is 0. The zero-order valence-electron chi connectivity index (χ0n) is 7.30. The number of carbonyl (C=O) groups excluding carboxylic acids is 2. The van der Waals surface area contributed by atoms with Gasteiger partial charge in [0.15, 0.2) is 0 Å². The van der Waals surface area contributed by atoms with Gasteiger partial charge in [-0.05, 0) is 13.8 Å². The smallest absolute Gasteiger partial charge is 0.306 e. The lowest BCUT2D eigenvalue weighted by Gasteiger charge is -2.06. The minimum absolute atomic E-state index is 0.0328. The van der Waals surface area contributed by atoms with E-state index >= 15 is 0 Å². The van der Waals surface area contributed by atoms with E-state index in [0.29, 0.717) is 0 Å². The molecule has 0 atom stereocenters. The van der Waals surface area contributed by atoms with Crippen LogP contribution in [0, 0.1) is 0 Å². The monoisotopic (exact) mass is 192 g/mol. The number of Topliss-reactive ketones (excluding diaryl/α,β-unsaturated/α-hetero) is 1. The molecule has 12 heavy (non-hydrogen) atoms. The third-order valence-electron chi connectivity index (χ3n) is 1.12. The maximum atomic E-state index is 10.9. The van der Waals surface area contributed by atoms with Crippen molar-refractivity contribution in [3.05, 3.63) is 0 Å². The largest absolute Gasteiger partial charge is 0.463 e. The first-order chi connectivity index (χ1) is 5.56. The van der Waals surface area contributed by atoms with Gasteiger partial charge in [0.1, 0.15) is 5.78 Å². The fraction of sp³-hybridized carbons (Fsp3) is 0.750. The maximum absolute atomic E-state index is 10.9. The molecular formula is C8H13ClO3. The van der Waals surface area contributed by atoms with Gasteiger partial charge in [0.2, 0.25) is 0 Å². The predicted octanol–water partition coefficient (Wildman–Crippen LogP) is 1.53. The Morgan fingerprint density at radius 1 is 1.33 bits per heavy atom. The van der Waals surface area contributed by atoms with E-state index in [0.717, 1.165) is 0 Å². The summed E-state index contributed by atoms with van der Waals surface area (Å²) in [6.07, 6.45) is 0.183. The van der Waals surface area contributed by atoms with Gasteiger partial charge in [0.25, 0.3) is 0 Å². The summed E-state index contributed by atoms with van der Waals surface area (Å²) in [4.78, 5) is 21.5. The van der Waals surface area contributed by atoms with E-state index in [-0.39, 0.29) is 36.6 Å². The quantitative estimate of drug-likeness (QED) is 0.490. The summed E-state index contributed by atoms with van der Waals surface area (Å²) in [5.41, 5.74) is 0. The standard InChI is InChI=1S/C8H13ClO3/c1-6(2)12-8(11)4-3-7(10)5-9/h6H,3-5H2,1-2H3. The molecule has 0 spiro atoms. The molecule has 0 N–H and O–H groups in total. The zero-order chi connectivity index (χ0) is 9.56. The van der Waals surface area contributed by atoms with Crippen molar-refractivity contribution in [3.8, 4) is 0 Å². The van der Waals surface area contributed by atoms with E-state index in [1.54, 1.807) is 13.8 Å². The minimum atomic E-state index is -0.344. The Labute approximate surface area is 77.0 Å². The van der Waals surface area contributed by atoms with Crippen molar-refractivity contribution in [2.24, 2.45) is 0 Å². The van der Waals surface area contributed by atoms with Crippen molar-refractivity contribution < 1.29 is 14.3 Å². The Morgan fingerprint density at radius 2 is 1.92 bits per heavy atom. The van der Waals surface area contributed by atoms with Crippen LogP contribution in [0.2, 0.25) is 0 Å². The summed E-state index contributed by atoms with van der Waals surface area (Å²) in [7, 11) is 0. The van der Waals surface area contributed by atoms with Crippen LogP contribution in [0.4, 0.5) is 0 Å². The van der Waals surface area contributed by atoms with E-state index in [1.807, 2.05) is 0 Å². The molecule has 4 heteroatoms. The molecule has 70 valence electrons. The molecule has 0 aliphatic heterocycles. The van der Waals surface area contributed by atoms with E-state index in [9.17, 15) is 9.59 Å². The van der Waals surface area contributed by atoms with Gasteiger partial charge in [-0.3, -0.25) is 9.59 Å². The number of carbonyl (C=O) groups is 2. The van der Waals surface area contributed by atoms with Gasteiger partial charge >= 0.3 is 5.97 Å². The van der Waals surface area contributed by atoms with Crippen LogP contribution >= 0.6 is 11.6 Å². The Balaban J connectivity index is 3.51. The summed E-state index contributed by atoms with van der Waals surface area (Å²) in [6.45, 7) is 3.53.